The first-order chi connectivity index (χ1) is 8.16. The second-order valence-corrected chi connectivity index (χ2v) is 3.02. The van der Waals surface area contributed by atoms with E-state index in [1.165, 1.54) is 24.7 Å². The number of aromatic nitrogens is 4. The number of carboxylic acids is 1. The Bertz CT molecular complexity index is 551. The maximum absolute atomic E-state index is 11.6. The number of carbonyl (C=O) groups is 2. The molecule has 1 amide bonds. The fraction of sp³-hybridized carbons (Fsp3) is 0. The molecule has 0 saturated heterocycles. The van der Waals surface area contributed by atoms with Gasteiger partial charge in [0, 0.05) is 18.5 Å². The van der Waals surface area contributed by atoms with E-state index in [2.05, 4.69) is 25.5 Å². The van der Waals surface area contributed by atoms with Crippen LogP contribution in [0.25, 0.3) is 0 Å². The molecular weight excluding hydrogens is 226 g/mol. The molecule has 3 N–H and O–H groups in total. The molecule has 0 unspecified atom stereocenters. The lowest BCUT2D eigenvalue weighted by molar-refractivity contribution is 0.0690. The highest BCUT2D eigenvalue weighted by Gasteiger charge is 2.12. The van der Waals surface area contributed by atoms with E-state index >= 15 is 0 Å². The van der Waals surface area contributed by atoms with Crippen LogP contribution in [-0.4, -0.2) is 37.1 Å². The number of H-pyrrole nitrogens is 1. The number of hydrogen-bond donors (Lipinski definition) is 3. The molecule has 8 heteroatoms. The van der Waals surface area contributed by atoms with Gasteiger partial charge in [0.05, 0.1) is 6.20 Å². The molecule has 0 spiro atoms. The predicted octanol–water partition coefficient (Wildman–Crippen LogP) is 0.150. The van der Waals surface area contributed by atoms with Crippen molar-refractivity contribution in [1.29, 1.82) is 0 Å². The molecule has 0 aliphatic heterocycles. The number of carbonyl (C=O) groups excluding carboxylic acids is 1. The molecule has 0 saturated carbocycles. The first-order valence-electron chi connectivity index (χ1n) is 4.53. The molecular formula is C9H7N5O3. The summed E-state index contributed by atoms with van der Waals surface area (Å²) in [4.78, 5) is 29.7. The molecule has 0 aliphatic rings. The monoisotopic (exact) mass is 233 g/mol. The highest BCUT2D eigenvalue weighted by Crippen LogP contribution is 2.06. The van der Waals surface area contributed by atoms with Crippen molar-refractivity contribution in [3.05, 3.63) is 36.0 Å². The smallest absolute Gasteiger partial charge is 0.353 e. The van der Waals surface area contributed by atoms with E-state index < -0.39 is 11.9 Å². The summed E-state index contributed by atoms with van der Waals surface area (Å²) < 4.78 is 0. The van der Waals surface area contributed by atoms with Crippen molar-refractivity contribution in [2.24, 2.45) is 0 Å². The van der Waals surface area contributed by atoms with Crippen LogP contribution in [0.4, 0.5) is 5.82 Å². The van der Waals surface area contributed by atoms with Crippen molar-refractivity contribution in [1.82, 2.24) is 20.2 Å². The Labute approximate surface area is 94.7 Å². The van der Waals surface area contributed by atoms with Crippen LogP contribution in [0.15, 0.2) is 24.7 Å². The van der Waals surface area contributed by atoms with Crippen LogP contribution in [-0.2, 0) is 0 Å². The number of carboxylic acid groups (broad SMARTS) is 1. The van der Waals surface area contributed by atoms with Crippen LogP contribution in [0.1, 0.15) is 21.0 Å². The van der Waals surface area contributed by atoms with Gasteiger partial charge in [-0.3, -0.25) is 14.9 Å². The summed E-state index contributed by atoms with van der Waals surface area (Å²) in [5.41, 5.74) is 0.00632. The summed E-state index contributed by atoms with van der Waals surface area (Å²) in [5, 5.41) is 16.9. The van der Waals surface area contributed by atoms with E-state index in [-0.39, 0.29) is 17.2 Å². The minimum atomic E-state index is -1.16. The Hall–Kier alpha value is -2.77. The van der Waals surface area contributed by atoms with Crippen LogP contribution < -0.4 is 5.32 Å². The third-order valence-electron chi connectivity index (χ3n) is 1.85. The molecule has 2 aromatic heterocycles. The average Bonchev–Trinajstić information content (AvgIpc) is 2.79. The first-order valence-corrected chi connectivity index (χ1v) is 4.53. The number of amides is 1. The van der Waals surface area contributed by atoms with E-state index in [9.17, 15) is 9.59 Å². The zero-order chi connectivity index (χ0) is 12.3. The van der Waals surface area contributed by atoms with Gasteiger partial charge in [-0.1, -0.05) is 0 Å². The van der Waals surface area contributed by atoms with Crippen molar-refractivity contribution < 1.29 is 14.7 Å². The van der Waals surface area contributed by atoms with Crippen molar-refractivity contribution >= 4 is 17.7 Å². The number of aromatic carboxylic acids is 1. The standard InChI is InChI=1S/C9H7N5O3/c15-8(6-4-10-1-2-11-6)12-7-3-5(9(16)17)13-14-7/h1-4H,(H,16,17)(H2,12,13,14,15). The van der Waals surface area contributed by atoms with Crippen LogP contribution in [0.3, 0.4) is 0 Å². The number of hydrogen-bond acceptors (Lipinski definition) is 5. The molecule has 8 nitrogen and oxygen atoms in total. The van der Waals surface area contributed by atoms with Crippen molar-refractivity contribution in [3.63, 3.8) is 0 Å². The zero-order valence-corrected chi connectivity index (χ0v) is 8.41. The third-order valence-corrected chi connectivity index (χ3v) is 1.85. The summed E-state index contributed by atoms with van der Waals surface area (Å²) in [6.45, 7) is 0. The second kappa shape index (κ2) is 4.39. The molecule has 0 bridgehead atoms. The number of nitrogens with zero attached hydrogens (tertiary/aromatic N) is 3. The molecule has 0 fully saturated rings. The quantitative estimate of drug-likeness (QED) is 0.693. The predicted molar refractivity (Wildman–Crippen MR) is 55.5 cm³/mol. The van der Waals surface area contributed by atoms with Crippen LogP contribution in [0, 0.1) is 0 Å². The van der Waals surface area contributed by atoms with Gasteiger partial charge in [-0.05, 0) is 0 Å². The van der Waals surface area contributed by atoms with E-state index in [1.807, 2.05) is 0 Å². The number of anilines is 1. The van der Waals surface area contributed by atoms with Gasteiger partial charge >= 0.3 is 5.97 Å². The summed E-state index contributed by atoms with van der Waals surface area (Å²) in [6, 6.07) is 1.20. The molecule has 0 atom stereocenters. The minimum Gasteiger partial charge on any atom is -0.477 e. The lowest BCUT2D eigenvalue weighted by Gasteiger charge is -1.98. The van der Waals surface area contributed by atoms with E-state index in [4.69, 9.17) is 5.11 Å². The highest BCUT2D eigenvalue weighted by atomic mass is 16.4. The van der Waals surface area contributed by atoms with Gasteiger partial charge in [0.15, 0.2) is 5.82 Å². The van der Waals surface area contributed by atoms with Crippen molar-refractivity contribution in [2.45, 2.75) is 0 Å². The number of rotatable bonds is 3. The maximum atomic E-state index is 11.6. The Balaban J connectivity index is 2.11. The Morgan fingerprint density at radius 2 is 2.18 bits per heavy atom. The third kappa shape index (κ3) is 2.43. The molecule has 2 aromatic rings. The van der Waals surface area contributed by atoms with Gasteiger partial charge in [0.1, 0.15) is 11.4 Å². The van der Waals surface area contributed by atoms with Crippen LogP contribution in [0.5, 0.6) is 0 Å². The van der Waals surface area contributed by atoms with Gasteiger partial charge in [-0.15, -0.1) is 0 Å². The fourth-order valence-electron chi connectivity index (χ4n) is 1.09. The minimum absolute atomic E-state index is 0.109. The lowest BCUT2D eigenvalue weighted by Crippen LogP contribution is -2.13. The summed E-state index contributed by atoms with van der Waals surface area (Å²) in [5.74, 6) is -1.56. The number of nitrogens with one attached hydrogen (secondary N) is 2. The van der Waals surface area contributed by atoms with Crippen molar-refractivity contribution in [3.8, 4) is 0 Å². The van der Waals surface area contributed by atoms with Crippen molar-refractivity contribution in [2.75, 3.05) is 5.32 Å². The van der Waals surface area contributed by atoms with Crippen LogP contribution in [0.2, 0.25) is 0 Å². The Morgan fingerprint density at radius 1 is 1.35 bits per heavy atom. The van der Waals surface area contributed by atoms with Gasteiger partial charge < -0.3 is 10.4 Å². The molecule has 0 aromatic carbocycles. The molecule has 86 valence electrons. The summed E-state index contributed by atoms with van der Waals surface area (Å²) in [7, 11) is 0. The zero-order valence-electron chi connectivity index (χ0n) is 8.41. The molecule has 2 rings (SSSR count). The summed E-state index contributed by atoms with van der Waals surface area (Å²) >= 11 is 0. The lowest BCUT2D eigenvalue weighted by atomic mass is 10.4. The Morgan fingerprint density at radius 3 is 2.76 bits per heavy atom. The fourth-order valence-corrected chi connectivity index (χ4v) is 1.09. The van der Waals surface area contributed by atoms with E-state index in [0.29, 0.717) is 0 Å². The average molecular weight is 233 g/mol. The Kier molecular flexibility index (Phi) is 2.77. The molecule has 0 aliphatic carbocycles. The first kappa shape index (κ1) is 10.7. The topological polar surface area (TPSA) is 121 Å². The van der Waals surface area contributed by atoms with E-state index in [1.54, 1.807) is 0 Å². The van der Waals surface area contributed by atoms with Gasteiger partial charge in [-0.2, -0.15) is 5.10 Å². The number of aromatic amines is 1. The van der Waals surface area contributed by atoms with Gasteiger partial charge in [0.25, 0.3) is 5.91 Å². The maximum Gasteiger partial charge on any atom is 0.353 e. The summed E-state index contributed by atoms with van der Waals surface area (Å²) in [6.07, 6.45) is 4.11. The molecule has 2 heterocycles. The van der Waals surface area contributed by atoms with Crippen LogP contribution >= 0.6 is 0 Å². The SMILES string of the molecule is O=C(Nc1cc(C(=O)O)[nH]n1)c1cnccn1. The second-order valence-electron chi connectivity index (χ2n) is 3.02. The molecule has 17 heavy (non-hydrogen) atoms. The highest BCUT2D eigenvalue weighted by molar-refractivity contribution is 6.02. The normalized spacial score (nSPS) is 9.88. The van der Waals surface area contributed by atoms with E-state index in [0.717, 1.165) is 0 Å². The van der Waals surface area contributed by atoms with Gasteiger partial charge in [0.2, 0.25) is 0 Å². The molecule has 0 radical (unpaired) electrons. The largest absolute Gasteiger partial charge is 0.477 e. The van der Waals surface area contributed by atoms with Gasteiger partial charge in [-0.25, -0.2) is 9.78 Å².